The summed E-state index contributed by atoms with van der Waals surface area (Å²) in [5, 5.41) is 2.39. The monoisotopic (exact) mass is 252 g/mol. The van der Waals surface area contributed by atoms with Gasteiger partial charge in [-0.2, -0.15) is 0 Å². The first-order valence-electron chi connectivity index (χ1n) is 5.21. The second-order valence-electron chi connectivity index (χ2n) is 3.79. The van der Waals surface area contributed by atoms with Crippen LogP contribution in [0.1, 0.15) is 21.9 Å². The summed E-state index contributed by atoms with van der Waals surface area (Å²) in [5.41, 5.74) is 2.27. The van der Waals surface area contributed by atoms with Crippen LogP contribution in [0.3, 0.4) is 0 Å². The van der Waals surface area contributed by atoms with Crippen molar-refractivity contribution in [3.05, 3.63) is 23.2 Å². The van der Waals surface area contributed by atoms with E-state index in [1.165, 1.54) is 6.07 Å². The van der Waals surface area contributed by atoms with E-state index in [0.29, 0.717) is 11.5 Å². The number of rotatable bonds is 3. The van der Waals surface area contributed by atoms with Crippen LogP contribution in [0.15, 0.2) is 10.5 Å². The maximum absolute atomic E-state index is 11.4. The van der Waals surface area contributed by atoms with E-state index in [-0.39, 0.29) is 24.6 Å². The van der Waals surface area contributed by atoms with Gasteiger partial charge in [-0.05, 0) is 13.0 Å². The van der Waals surface area contributed by atoms with Gasteiger partial charge in [0.15, 0.2) is 0 Å². The first-order chi connectivity index (χ1) is 8.52. The number of carbonyl (C=O) groups is 3. The zero-order valence-corrected chi connectivity index (χ0v) is 9.65. The standard InChI is InChI=1S/C10H12N4O4/c1-5-7(9(16)13-11)2-6(18-5)4-14-8(15)3-12-10(14)17/h2H,3-4,11H2,1H3,(H,12,17)(H,13,16). The Morgan fingerprint density at radius 2 is 2.33 bits per heavy atom. The first-order valence-corrected chi connectivity index (χ1v) is 5.21. The van der Waals surface area contributed by atoms with Crippen molar-refractivity contribution in [3.8, 4) is 0 Å². The van der Waals surface area contributed by atoms with Crippen LogP contribution >= 0.6 is 0 Å². The Labute approximate surface area is 102 Å². The molecule has 18 heavy (non-hydrogen) atoms. The van der Waals surface area contributed by atoms with Crippen LogP contribution in [0.5, 0.6) is 0 Å². The highest BCUT2D eigenvalue weighted by atomic mass is 16.3. The van der Waals surface area contributed by atoms with Gasteiger partial charge in [0.25, 0.3) is 5.91 Å². The summed E-state index contributed by atoms with van der Waals surface area (Å²) in [7, 11) is 0. The summed E-state index contributed by atoms with van der Waals surface area (Å²) >= 11 is 0. The highest BCUT2D eigenvalue weighted by Crippen LogP contribution is 2.17. The summed E-state index contributed by atoms with van der Waals surface area (Å²) in [5.74, 6) is 4.92. The maximum atomic E-state index is 11.4. The normalized spacial score (nSPS) is 14.9. The summed E-state index contributed by atoms with van der Waals surface area (Å²) in [6.07, 6.45) is 0. The van der Waals surface area contributed by atoms with Gasteiger partial charge in [-0.25, -0.2) is 10.6 Å². The molecule has 8 nitrogen and oxygen atoms in total. The van der Waals surface area contributed by atoms with Gasteiger partial charge in [0.05, 0.1) is 18.7 Å². The van der Waals surface area contributed by atoms with E-state index < -0.39 is 11.9 Å². The number of hydrogen-bond donors (Lipinski definition) is 3. The highest BCUT2D eigenvalue weighted by molar-refractivity contribution is 6.01. The molecular weight excluding hydrogens is 240 g/mol. The number of nitrogens with one attached hydrogen (secondary N) is 2. The Morgan fingerprint density at radius 1 is 1.61 bits per heavy atom. The molecule has 1 aliphatic heterocycles. The molecule has 0 unspecified atom stereocenters. The Morgan fingerprint density at radius 3 is 2.89 bits per heavy atom. The van der Waals surface area contributed by atoms with Crippen molar-refractivity contribution < 1.29 is 18.8 Å². The number of furan rings is 1. The Balaban J connectivity index is 2.18. The molecule has 2 heterocycles. The lowest BCUT2D eigenvalue weighted by molar-refractivity contribution is -0.125. The molecule has 96 valence electrons. The molecule has 4 amide bonds. The van der Waals surface area contributed by atoms with Gasteiger partial charge in [-0.3, -0.25) is 19.9 Å². The molecule has 1 aromatic heterocycles. The summed E-state index contributed by atoms with van der Waals surface area (Å²) in [6, 6.07) is 0.982. The molecule has 0 aliphatic carbocycles. The maximum Gasteiger partial charge on any atom is 0.325 e. The molecule has 2 rings (SSSR count). The molecule has 0 radical (unpaired) electrons. The number of amides is 4. The SMILES string of the molecule is Cc1oc(CN2C(=O)CNC2=O)cc1C(=O)NN. The van der Waals surface area contributed by atoms with Gasteiger partial charge < -0.3 is 9.73 Å². The number of hydrogen-bond acceptors (Lipinski definition) is 5. The van der Waals surface area contributed by atoms with Gasteiger partial charge in [-0.15, -0.1) is 0 Å². The molecule has 0 bridgehead atoms. The number of carbonyl (C=O) groups excluding carboxylic acids is 3. The van der Waals surface area contributed by atoms with Gasteiger partial charge in [0, 0.05) is 0 Å². The number of aryl methyl sites for hydroxylation is 1. The van der Waals surface area contributed by atoms with Gasteiger partial charge in [0.1, 0.15) is 11.5 Å². The van der Waals surface area contributed by atoms with Crippen LogP contribution in [-0.4, -0.2) is 29.3 Å². The molecule has 0 atom stereocenters. The van der Waals surface area contributed by atoms with E-state index in [0.717, 1.165) is 4.90 Å². The lowest BCUT2D eigenvalue weighted by Gasteiger charge is -2.09. The predicted molar refractivity (Wildman–Crippen MR) is 59.0 cm³/mol. The van der Waals surface area contributed by atoms with Crippen molar-refractivity contribution in [2.45, 2.75) is 13.5 Å². The van der Waals surface area contributed by atoms with Crippen LogP contribution in [0.2, 0.25) is 0 Å². The van der Waals surface area contributed by atoms with Gasteiger partial charge in [-0.1, -0.05) is 0 Å². The van der Waals surface area contributed by atoms with Crippen molar-refractivity contribution in [2.75, 3.05) is 6.54 Å². The average Bonchev–Trinajstić information content (AvgIpc) is 2.86. The zero-order chi connectivity index (χ0) is 13.3. The second-order valence-corrected chi connectivity index (χ2v) is 3.79. The molecule has 8 heteroatoms. The van der Waals surface area contributed by atoms with Crippen molar-refractivity contribution in [3.63, 3.8) is 0 Å². The number of nitrogen functional groups attached to an aromatic ring is 1. The second kappa shape index (κ2) is 4.49. The molecule has 0 saturated carbocycles. The number of urea groups is 1. The van der Waals surface area contributed by atoms with Crippen molar-refractivity contribution in [1.82, 2.24) is 15.6 Å². The highest BCUT2D eigenvalue weighted by Gasteiger charge is 2.29. The fraction of sp³-hybridized carbons (Fsp3) is 0.300. The lowest BCUT2D eigenvalue weighted by atomic mass is 10.2. The van der Waals surface area contributed by atoms with E-state index in [4.69, 9.17) is 10.3 Å². The molecule has 0 aromatic carbocycles. The van der Waals surface area contributed by atoms with Crippen LogP contribution in [0.4, 0.5) is 4.79 Å². The minimum Gasteiger partial charge on any atom is -0.464 e. The third-order valence-electron chi connectivity index (χ3n) is 2.60. The predicted octanol–water partition coefficient (Wildman–Crippen LogP) is -0.757. The smallest absolute Gasteiger partial charge is 0.325 e. The summed E-state index contributed by atoms with van der Waals surface area (Å²) < 4.78 is 5.31. The number of imide groups is 1. The Bertz CT molecular complexity index is 506. The molecule has 1 saturated heterocycles. The zero-order valence-electron chi connectivity index (χ0n) is 9.65. The third-order valence-corrected chi connectivity index (χ3v) is 2.60. The fourth-order valence-corrected chi connectivity index (χ4v) is 1.70. The van der Waals surface area contributed by atoms with Crippen molar-refractivity contribution in [1.29, 1.82) is 0 Å². The number of nitrogens with zero attached hydrogens (tertiary/aromatic N) is 1. The Hall–Kier alpha value is -2.35. The van der Waals surface area contributed by atoms with E-state index in [1.807, 2.05) is 5.43 Å². The molecular formula is C10H12N4O4. The van der Waals surface area contributed by atoms with Crippen LogP contribution in [0, 0.1) is 6.92 Å². The fourth-order valence-electron chi connectivity index (χ4n) is 1.70. The van der Waals surface area contributed by atoms with Crippen molar-refractivity contribution in [2.24, 2.45) is 5.84 Å². The summed E-state index contributed by atoms with van der Waals surface area (Å²) in [6.45, 7) is 1.57. The molecule has 1 aromatic rings. The van der Waals surface area contributed by atoms with Crippen LogP contribution in [-0.2, 0) is 11.3 Å². The summed E-state index contributed by atoms with van der Waals surface area (Å²) in [4.78, 5) is 35.1. The molecule has 1 aliphatic rings. The van der Waals surface area contributed by atoms with Gasteiger partial charge >= 0.3 is 6.03 Å². The molecule has 0 spiro atoms. The van der Waals surface area contributed by atoms with E-state index >= 15 is 0 Å². The first kappa shape index (κ1) is 12.1. The average molecular weight is 252 g/mol. The minimum atomic E-state index is -0.486. The van der Waals surface area contributed by atoms with Gasteiger partial charge in [0.2, 0.25) is 5.91 Å². The number of nitrogens with two attached hydrogens (primary N) is 1. The van der Waals surface area contributed by atoms with Crippen LogP contribution in [0.25, 0.3) is 0 Å². The van der Waals surface area contributed by atoms with Crippen LogP contribution < -0.4 is 16.6 Å². The van der Waals surface area contributed by atoms with E-state index in [2.05, 4.69) is 5.32 Å². The molecule has 4 N–H and O–H groups in total. The van der Waals surface area contributed by atoms with E-state index in [9.17, 15) is 14.4 Å². The lowest BCUT2D eigenvalue weighted by Crippen LogP contribution is -2.30. The molecule has 1 fully saturated rings. The third kappa shape index (κ3) is 2.05. The Kier molecular flexibility index (Phi) is 3.02. The quantitative estimate of drug-likeness (QED) is 0.283. The van der Waals surface area contributed by atoms with E-state index in [1.54, 1.807) is 6.92 Å². The van der Waals surface area contributed by atoms with Crippen molar-refractivity contribution >= 4 is 17.8 Å². The topological polar surface area (TPSA) is 118 Å². The number of hydrazine groups is 1. The largest absolute Gasteiger partial charge is 0.464 e. The minimum absolute atomic E-state index is 0.0106.